The predicted octanol–water partition coefficient (Wildman–Crippen LogP) is 0.919. The molecule has 1 aliphatic rings. The highest BCUT2D eigenvalue weighted by Gasteiger charge is 2.31. The summed E-state index contributed by atoms with van der Waals surface area (Å²) in [6, 6.07) is -0.0493. The molecule has 0 saturated carbocycles. The largest absolute Gasteiger partial charge is 0.390 e. The Bertz CT molecular complexity index is 693. The Balaban J connectivity index is 1.90. The number of hydrogen-bond acceptors (Lipinski definition) is 5. The number of aliphatic hydroxyl groups is 1. The van der Waals surface area contributed by atoms with Crippen LogP contribution in [0, 0.1) is 6.92 Å². The summed E-state index contributed by atoms with van der Waals surface area (Å²) in [6.45, 7) is 4.31. The van der Waals surface area contributed by atoms with Gasteiger partial charge in [-0.3, -0.25) is 4.79 Å². The SMILES string of the molecule is CCCC1OCC(n2cnc3c(=O)[nH]c(C)nc32)CC1O. The standard InChI is InChI=1S/C14H20N4O3/c1-3-4-11-10(19)5-9(6-21-11)18-7-15-12-13(18)16-8(2)17-14(12)20/h7,9-11,19H,3-6H2,1-2H3,(H,16,17,20). The molecule has 0 bridgehead atoms. The van der Waals surface area contributed by atoms with E-state index in [0.717, 1.165) is 12.8 Å². The first-order valence-corrected chi connectivity index (χ1v) is 7.33. The highest BCUT2D eigenvalue weighted by molar-refractivity contribution is 5.69. The Hall–Kier alpha value is -1.73. The maximum absolute atomic E-state index is 11.8. The Kier molecular flexibility index (Phi) is 3.77. The molecule has 3 unspecified atom stereocenters. The van der Waals surface area contributed by atoms with Crippen molar-refractivity contribution in [2.45, 2.75) is 51.4 Å². The van der Waals surface area contributed by atoms with E-state index in [1.165, 1.54) is 0 Å². The fraction of sp³-hybridized carbons (Fsp3) is 0.643. The minimum atomic E-state index is -0.496. The van der Waals surface area contributed by atoms with E-state index in [4.69, 9.17) is 4.74 Å². The molecule has 1 saturated heterocycles. The molecule has 0 aromatic carbocycles. The maximum atomic E-state index is 11.8. The van der Waals surface area contributed by atoms with Gasteiger partial charge in [-0.25, -0.2) is 9.97 Å². The number of ether oxygens (including phenoxy) is 1. The van der Waals surface area contributed by atoms with Gasteiger partial charge in [0.1, 0.15) is 5.82 Å². The molecule has 0 radical (unpaired) electrons. The van der Waals surface area contributed by atoms with Gasteiger partial charge in [0.15, 0.2) is 11.2 Å². The molecule has 1 fully saturated rings. The number of rotatable bonds is 3. The molecule has 1 aliphatic heterocycles. The van der Waals surface area contributed by atoms with Crippen LogP contribution < -0.4 is 5.56 Å². The second-order valence-electron chi connectivity index (χ2n) is 5.59. The van der Waals surface area contributed by atoms with Crippen molar-refractivity contribution in [3.63, 3.8) is 0 Å². The average molecular weight is 292 g/mol. The molecule has 114 valence electrons. The lowest BCUT2D eigenvalue weighted by atomic mass is 9.98. The molecule has 0 spiro atoms. The maximum Gasteiger partial charge on any atom is 0.279 e. The van der Waals surface area contributed by atoms with Gasteiger partial charge in [0.25, 0.3) is 5.56 Å². The van der Waals surface area contributed by atoms with Gasteiger partial charge in [-0.1, -0.05) is 13.3 Å². The highest BCUT2D eigenvalue weighted by atomic mass is 16.5. The third-order valence-corrected chi connectivity index (χ3v) is 3.96. The molecule has 3 heterocycles. The van der Waals surface area contributed by atoms with Crippen molar-refractivity contribution in [3.8, 4) is 0 Å². The number of imidazole rings is 1. The van der Waals surface area contributed by atoms with Crippen LogP contribution in [0.2, 0.25) is 0 Å². The first-order chi connectivity index (χ1) is 10.1. The number of nitrogens with zero attached hydrogens (tertiary/aromatic N) is 3. The van der Waals surface area contributed by atoms with Crippen LogP contribution in [0.3, 0.4) is 0 Å². The lowest BCUT2D eigenvalue weighted by Crippen LogP contribution is -2.39. The lowest BCUT2D eigenvalue weighted by molar-refractivity contribution is -0.0966. The predicted molar refractivity (Wildman–Crippen MR) is 77.2 cm³/mol. The van der Waals surface area contributed by atoms with Crippen molar-refractivity contribution in [1.29, 1.82) is 0 Å². The van der Waals surface area contributed by atoms with Crippen molar-refractivity contribution < 1.29 is 9.84 Å². The van der Waals surface area contributed by atoms with Gasteiger partial charge in [0.05, 0.1) is 31.2 Å². The number of hydrogen-bond donors (Lipinski definition) is 2. The van der Waals surface area contributed by atoms with Crippen LogP contribution in [-0.2, 0) is 4.74 Å². The number of nitrogens with one attached hydrogen (secondary N) is 1. The Labute approximate surface area is 122 Å². The van der Waals surface area contributed by atoms with Gasteiger partial charge in [0, 0.05) is 0 Å². The van der Waals surface area contributed by atoms with Crippen molar-refractivity contribution >= 4 is 11.2 Å². The summed E-state index contributed by atoms with van der Waals surface area (Å²) in [6.07, 6.45) is 3.44. The normalized spacial score (nSPS) is 26.3. The van der Waals surface area contributed by atoms with Gasteiger partial charge >= 0.3 is 0 Å². The summed E-state index contributed by atoms with van der Waals surface area (Å²) < 4.78 is 7.60. The molecule has 7 heteroatoms. The molecule has 0 amide bonds. The summed E-state index contributed by atoms with van der Waals surface area (Å²) in [5.41, 5.74) is 0.633. The molecule has 2 N–H and O–H groups in total. The second kappa shape index (κ2) is 5.57. The first-order valence-electron chi connectivity index (χ1n) is 7.33. The summed E-state index contributed by atoms with van der Waals surface area (Å²) in [5, 5.41) is 10.2. The third-order valence-electron chi connectivity index (χ3n) is 3.96. The average Bonchev–Trinajstić information content (AvgIpc) is 2.85. The third kappa shape index (κ3) is 2.58. The van der Waals surface area contributed by atoms with E-state index < -0.39 is 6.10 Å². The summed E-state index contributed by atoms with van der Waals surface area (Å²) in [4.78, 5) is 23.0. The summed E-state index contributed by atoms with van der Waals surface area (Å²) >= 11 is 0. The zero-order valence-electron chi connectivity index (χ0n) is 12.2. The fourth-order valence-corrected chi connectivity index (χ4v) is 2.90. The zero-order valence-corrected chi connectivity index (χ0v) is 12.2. The van der Waals surface area contributed by atoms with Crippen LogP contribution in [0.5, 0.6) is 0 Å². The van der Waals surface area contributed by atoms with E-state index in [0.29, 0.717) is 30.0 Å². The summed E-state index contributed by atoms with van der Waals surface area (Å²) in [7, 11) is 0. The number of aliphatic hydroxyl groups excluding tert-OH is 1. The molecular weight excluding hydrogens is 272 g/mol. The first kappa shape index (κ1) is 14.2. The monoisotopic (exact) mass is 292 g/mol. The fourth-order valence-electron chi connectivity index (χ4n) is 2.90. The van der Waals surface area contributed by atoms with Crippen LogP contribution in [0.1, 0.15) is 38.1 Å². The zero-order chi connectivity index (χ0) is 15.0. The Morgan fingerprint density at radius 2 is 2.38 bits per heavy atom. The van der Waals surface area contributed by atoms with Gasteiger partial charge in [-0.05, 0) is 19.8 Å². The molecular formula is C14H20N4O3. The molecule has 3 rings (SSSR count). The van der Waals surface area contributed by atoms with Crippen LogP contribution in [0.4, 0.5) is 0 Å². The van der Waals surface area contributed by atoms with Crippen molar-refractivity contribution in [1.82, 2.24) is 19.5 Å². The van der Waals surface area contributed by atoms with E-state index in [9.17, 15) is 9.90 Å². The van der Waals surface area contributed by atoms with E-state index >= 15 is 0 Å². The Morgan fingerprint density at radius 1 is 1.57 bits per heavy atom. The second-order valence-corrected chi connectivity index (χ2v) is 5.59. The van der Waals surface area contributed by atoms with Crippen LogP contribution in [0.25, 0.3) is 11.2 Å². The number of H-pyrrole nitrogens is 1. The Morgan fingerprint density at radius 3 is 3.10 bits per heavy atom. The van der Waals surface area contributed by atoms with E-state index in [1.807, 2.05) is 4.57 Å². The molecule has 21 heavy (non-hydrogen) atoms. The quantitative estimate of drug-likeness (QED) is 0.877. The number of aryl methyl sites for hydroxylation is 1. The lowest BCUT2D eigenvalue weighted by Gasteiger charge is -2.34. The van der Waals surface area contributed by atoms with Crippen LogP contribution >= 0.6 is 0 Å². The van der Waals surface area contributed by atoms with Crippen LogP contribution in [-0.4, -0.2) is 43.4 Å². The number of aromatic nitrogens is 4. The van der Waals surface area contributed by atoms with Crippen LogP contribution in [0.15, 0.2) is 11.1 Å². The van der Waals surface area contributed by atoms with Crippen molar-refractivity contribution in [2.75, 3.05) is 6.61 Å². The van der Waals surface area contributed by atoms with E-state index in [1.54, 1.807) is 13.3 Å². The molecule has 2 aromatic heterocycles. The highest BCUT2D eigenvalue weighted by Crippen LogP contribution is 2.27. The number of aromatic amines is 1. The minimum Gasteiger partial charge on any atom is -0.390 e. The van der Waals surface area contributed by atoms with Crippen molar-refractivity contribution in [2.24, 2.45) is 0 Å². The van der Waals surface area contributed by atoms with Gasteiger partial charge in [-0.15, -0.1) is 0 Å². The topological polar surface area (TPSA) is 93.0 Å². The molecule has 7 nitrogen and oxygen atoms in total. The molecule has 3 atom stereocenters. The smallest absolute Gasteiger partial charge is 0.279 e. The van der Waals surface area contributed by atoms with E-state index in [-0.39, 0.29) is 17.7 Å². The van der Waals surface area contributed by atoms with Gasteiger partial charge < -0.3 is 19.4 Å². The van der Waals surface area contributed by atoms with Crippen molar-refractivity contribution in [3.05, 3.63) is 22.5 Å². The van der Waals surface area contributed by atoms with Gasteiger partial charge in [-0.2, -0.15) is 0 Å². The molecule has 0 aliphatic carbocycles. The minimum absolute atomic E-state index is 0.0493. The molecule has 2 aromatic rings. The van der Waals surface area contributed by atoms with E-state index in [2.05, 4.69) is 21.9 Å². The van der Waals surface area contributed by atoms with Gasteiger partial charge in [0.2, 0.25) is 0 Å². The number of fused-ring (bicyclic) bond motifs is 1. The summed E-state index contributed by atoms with van der Waals surface area (Å²) in [5.74, 6) is 0.551.